The SMILES string of the molecule is CNCCNCc1cccc(-c2cccc(-c3nc4c(C)cccc4[nH]3)c2)c1.O=C(O)C(F)(F)F. The van der Waals surface area contributed by atoms with Crippen molar-refractivity contribution in [2.75, 3.05) is 20.1 Å². The maximum atomic E-state index is 10.6. The van der Waals surface area contributed by atoms with Crippen molar-refractivity contribution in [1.82, 2.24) is 20.6 Å². The molecule has 184 valence electrons. The van der Waals surface area contributed by atoms with Crippen LogP contribution in [0.1, 0.15) is 11.1 Å². The number of aromatic amines is 1. The number of benzene rings is 3. The van der Waals surface area contributed by atoms with E-state index in [1.54, 1.807) is 0 Å². The van der Waals surface area contributed by atoms with Crippen molar-refractivity contribution >= 4 is 17.0 Å². The third kappa shape index (κ3) is 7.14. The van der Waals surface area contributed by atoms with Crippen LogP contribution in [0.15, 0.2) is 66.7 Å². The standard InChI is InChI=1S/C24H26N4.C2HF3O2/c1-17-6-3-11-22-23(17)28-24(27-22)21-10-5-9-20(15-21)19-8-4-7-18(14-19)16-26-13-12-25-2;3-2(4,5)1(6)7/h3-11,14-15,25-26H,12-13,16H2,1-2H3,(H,27,28);(H,6,7). The minimum Gasteiger partial charge on any atom is -0.475 e. The number of likely N-dealkylation sites (N-methyl/N-ethyl adjacent to an activating group) is 1. The van der Waals surface area contributed by atoms with Gasteiger partial charge < -0.3 is 20.7 Å². The highest BCUT2D eigenvalue weighted by Crippen LogP contribution is 2.27. The summed E-state index contributed by atoms with van der Waals surface area (Å²) < 4.78 is 31.7. The Morgan fingerprint density at radius 1 is 0.971 bits per heavy atom. The number of hydrogen-bond donors (Lipinski definition) is 4. The van der Waals surface area contributed by atoms with Gasteiger partial charge in [0.1, 0.15) is 5.82 Å². The lowest BCUT2D eigenvalue weighted by Crippen LogP contribution is -2.24. The van der Waals surface area contributed by atoms with Gasteiger partial charge in [0.05, 0.1) is 11.0 Å². The quantitative estimate of drug-likeness (QED) is 0.273. The molecule has 3 aromatic carbocycles. The lowest BCUT2D eigenvalue weighted by molar-refractivity contribution is -0.192. The second-order valence-corrected chi connectivity index (χ2v) is 7.92. The summed E-state index contributed by atoms with van der Waals surface area (Å²) in [5.41, 5.74) is 8.13. The average molecular weight is 485 g/mol. The van der Waals surface area contributed by atoms with E-state index in [9.17, 15) is 13.2 Å². The van der Waals surface area contributed by atoms with Gasteiger partial charge in [0.2, 0.25) is 0 Å². The maximum absolute atomic E-state index is 10.6. The molecule has 1 heterocycles. The Hall–Kier alpha value is -3.69. The molecule has 4 N–H and O–H groups in total. The van der Waals surface area contributed by atoms with Crippen LogP contribution in [-0.2, 0) is 11.3 Å². The predicted molar refractivity (Wildman–Crippen MR) is 131 cm³/mol. The summed E-state index contributed by atoms with van der Waals surface area (Å²) in [6.07, 6.45) is -5.08. The lowest BCUT2D eigenvalue weighted by atomic mass is 10.0. The molecule has 0 radical (unpaired) electrons. The Kier molecular flexibility index (Phi) is 8.62. The molecule has 0 fully saturated rings. The average Bonchev–Trinajstić information content (AvgIpc) is 3.28. The minimum absolute atomic E-state index is 0.873. The normalized spacial score (nSPS) is 11.2. The number of aryl methyl sites for hydroxylation is 1. The summed E-state index contributed by atoms with van der Waals surface area (Å²) in [6, 6.07) is 23.5. The zero-order valence-corrected chi connectivity index (χ0v) is 19.4. The van der Waals surface area contributed by atoms with Crippen molar-refractivity contribution in [3.05, 3.63) is 77.9 Å². The molecule has 9 heteroatoms. The molecule has 0 unspecified atom stereocenters. The molecule has 0 amide bonds. The molecule has 0 aliphatic carbocycles. The Morgan fingerprint density at radius 3 is 2.26 bits per heavy atom. The van der Waals surface area contributed by atoms with Crippen LogP contribution in [0.4, 0.5) is 13.2 Å². The second kappa shape index (κ2) is 11.6. The van der Waals surface area contributed by atoms with E-state index >= 15 is 0 Å². The van der Waals surface area contributed by atoms with Crippen LogP contribution in [0.5, 0.6) is 0 Å². The fraction of sp³-hybridized carbons (Fsp3) is 0.231. The topological polar surface area (TPSA) is 90.0 Å². The fourth-order valence-electron chi connectivity index (χ4n) is 3.47. The molecular weight excluding hydrogens is 457 g/mol. The molecule has 0 spiro atoms. The Bertz CT molecular complexity index is 1290. The smallest absolute Gasteiger partial charge is 0.475 e. The van der Waals surface area contributed by atoms with Crippen LogP contribution in [0.2, 0.25) is 0 Å². The molecule has 0 saturated heterocycles. The van der Waals surface area contributed by atoms with Crippen LogP contribution >= 0.6 is 0 Å². The number of imidazole rings is 1. The lowest BCUT2D eigenvalue weighted by Gasteiger charge is -2.08. The van der Waals surface area contributed by atoms with E-state index in [-0.39, 0.29) is 0 Å². The molecule has 0 saturated carbocycles. The Morgan fingerprint density at radius 2 is 1.60 bits per heavy atom. The van der Waals surface area contributed by atoms with Gasteiger partial charge in [-0.1, -0.05) is 48.5 Å². The van der Waals surface area contributed by atoms with Gasteiger partial charge in [0.15, 0.2) is 0 Å². The first kappa shape index (κ1) is 25.9. The van der Waals surface area contributed by atoms with E-state index in [2.05, 4.69) is 89.3 Å². The summed E-state index contributed by atoms with van der Waals surface area (Å²) >= 11 is 0. The van der Waals surface area contributed by atoms with Crippen molar-refractivity contribution in [3.63, 3.8) is 0 Å². The third-order valence-electron chi connectivity index (χ3n) is 5.23. The summed E-state index contributed by atoms with van der Waals surface area (Å²) in [6.45, 7) is 4.90. The van der Waals surface area contributed by atoms with Gasteiger partial charge >= 0.3 is 12.1 Å². The van der Waals surface area contributed by atoms with Crippen molar-refractivity contribution < 1.29 is 23.1 Å². The van der Waals surface area contributed by atoms with E-state index in [0.717, 1.165) is 42.1 Å². The Balaban J connectivity index is 0.000000429. The number of para-hydroxylation sites is 1. The zero-order valence-electron chi connectivity index (χ0n) is 19.4. The molecule has 0 atom stereocenters. The number of alkyl halides is 3. The van der Waals surface area contributed by atoms with Crippen molar-refractivity contribution in [3.8, 4) is 22.5 Å². The van der Waals surface area contributed by atoms with Crippen LogP contribution in [0.3, 0.4) is 0 Å². The molecule has 0 aliphatic heterocycles. The Labute approximate surface area is 201 Å². The predicted octanol–water partition coefficient (Wildman–Crippen LogP) is 5.15. The van der Waals surface area contributed by atoms with E-state index in [0.29, 0.717) is 0 Å². The van der Waals surface area contributed by atoms with Crippen LogP contribution in [-0.4, -0.2) is 47.4 Å². The third-order valence-corrected chi connectivity index (χ3v) is 5.23. The van der Waals surface area contributed by atoms with Crippen LogP contribution in [0.25, 0.3) is 33.5 Å². The second-order valence-electron chi connectivity index (χ2n) is 7.92. The first-order chi connectivity index (χ1) is 16.7. The summed E-state index contributed by atoms with van der Waals surface area (Å²) in [4.78, 5) is 17.2. The van der Waals surface area contributed by atoms with Crippen LogP contribution in [0, 0.1) is 6.92 Å². The minimum atomic E-state index is -5.08. The van der Waals surface area contributed by atoms with Gasteiger partial charge in [0.25, 0.3) is 0 Å². The molecule has 0 bridgehead atoms. The van der Waals surface area contributed by atoms with Gasteiger partial charge in [-0.15, -0.1) is 0 Å². The van der Waals surface area contributed by atoms with Gasteiger partial charge in [-0.3, -0.25) is 0 Å². The van der Waals surface area contributed by atoms with E-state index in [4.69, 9.17) is 14.9 Å². The number of rotatable bonds is 7. The number of aliphatic carboxylic acids is 1. The van der Waals surface area contributed by atoms with Gasteiger partial charge in [-0.05, 0) is 54.4 Å². The molecule has 6 nitrogen and oxygen atoms in total. The maximum Gasteiger partial charge on any atom is 0.490 e. The number of carboxylic acids is 1. The van der Waals surface area contributed by atoms with E-state index < -0.39 is 12.1 Å². The largest absolute Gasteiger partial charge is 0.490 e. The number of fused-ring (bicyclic) bond motifs is 1. The van der Waals surface area contributed by atoms with E-state index in [1.165, 1.54) is 22.3 Å². The monoisotopic (exact) mass is 484 g/mol. The summed E-state index contributed by atoms with van der Waals surface area (Å²) in [5, 5.41) is 13.7. The highest BCUT2D eigenvalue weighted by Gasteiger charge is 2.38. The van der Waals surface area contributed by atoms with Crippen molar-refractivity contribution in [2.45, 2.75) is 19.6 Å². The number of aromatic nitrogens is 2. The number of hydrogen-bond acceptors (Lipinski definition) is 4. The highest BCUT2D eigenvalue weighted by atomic mass is 19.4. The first-order valence-corrected chi connectivity index (χ1v) is 11.0. The number of carboxylic acid groups (broad SMARTS) is 1. The number of carbonyl (C=O) groups is 1. The van der Waals surface area contributed by atoms with Gasteiger partial charge in [0, 0.05) is 25.2 Å². The number of nitrogens with zero attached hydrogens (tertiary/aromatic N) is 1. The highest BCUT2D eigenvalue weighted by molar-refractivity contribution is 5.83. The molecule has 1 aromatic heterocycles. The molecule has 4 aromatic rings. The summed E-state index contributed by atoms with van der Waals surface area (Å²) in [5.74, 6) is -1.84. The van der Waals surface area contributed by atoms with Crippen molar-refractivity contribution in [2.24, 2.45) is 0 Å². The number of H-pyrrole nitrogens is 1. The van der Waals surface area contributed by atoms with E-state index in [1.807, 2.05) is 7.05 Å². The zero-order chi connectivity index (χ0) is 25.4. The number of halogens is 3. The molecule has 4 rings (SSSR count). The number of nitrogens with one attached hydrogen (secondary N) is 3. The molecular formula is C26H27F3N4O2. The fourth-order valence-corrected chi connectivity index (χ4v) is 3.47. The first-order valence-electron chi connectivity index (χ1n) is 11.0. The van der Waals surface area contributed by atoms with Gasteiger partial charge in [-0.25, -0.2) is 9.78 Å². The van der Waals surface area contributed by atoms with Crippen LogP contribution < -0.4 is 10.6 Å². The van der Waals surface area contributed by atoms with Crippen molar-refractivity contribution in [1.29, 1.82) is 0 Å². The molecule has 0 aliphatic rings. The van der Waals surface area contributed by atoms with Gasteiger partial charge in [-0.2, -0.15) is 13.2 Å². The summed E-state index contributed by atoms with van der Waals surface area (Å²) in [7, 11) is 1.97. The molecule has 35 heavy (non-hydrogen) atoms.